The molecule has 3 aromatic heterocycles. The normalized spacial score (nSPS) is 11.2. The molecule has 4 aromatic rings. The molecule has 0 aliphatic carbocycles. The Morgan fingerprint density at radius 3 is 2.72 bits per heavy atom. The van der Waals surface area contributed by atoms with Crippen LogP contribution in [0.15, 0.2) is 30.7 Å². The van der Waals surface area contributed by atoms with Crippen LogP contribution in [0.25, 0.3) is 27.8 Å². The second-order valence-corrected chi connectivity index (χ2v) is 5.86. The van der Waals surface area contributed by atoms with E-state index in [-0.39, 0.29) is 0 Å². The number of pyridine rings is 1. The first-order valence-corrected chi connectivity index (χ1v) is 7.96. The van der Waals surface area contributed by atoms with E-state index in [0.717, 1.165) is 39.0 Å². The quantitative estimate of drug-likeness (QED) is 0.620. The minimum atomic E-state index is 0.547. The molecule has 4 rings (SSSR count). The van der Waals surface area contributed by atoms with Crippen molar-refractivity contribution in [3.63, 3.8) is 0 Å². The molecule has 0 fully saturated rings. The Balaban J connectivity index is 2.11. The third kappa shape index (κ3) is 2.27. The molecule has 7 heteroatoms. The number of nitrogens with one attached hydrogen (secondary N) is 1. The zero-order chi connectivity index (χ0) is 17.6. The van der Waals surface area contributed by atoms with E-state index in [9.17, 15) is 0 Å². The maximum Gasteiger partial charge on any atom is 0.224 e. The summed E-state index contributed by atoms with van der Waals surface area (Å²) in [5, 5.41) is 8.22. The lowest BCUT2D eigenvalue weighted by atomic mass is 9.95. The number of hydrogen-bond donors (Lipinski definition) is 1. The summed E-state index contributed by atoms with van der Waals surface area (Å²) >= 11 is 0. The average molecular weight is 334 g/mol. The van der Waals surface area contributed by atoms with Gasteiger partial charge in [-0.3, -0.25) is 0 Å². The molecule has 1 N–H and O–H groups in total. The van der Waals surface area contributed by atoms with Gasteiger partial charge < -0.3 is 10.1 Å². The number of anilines is 1. The predicted octanol–water partition coefficient (Wildman–Crippen LogP) is 3.01. The molecular formula is C18H18N6O. The summed E-state index contributed by atoms with van der Waals surface area (Å²) in [4.78, 5) is 13.3. The van der Waals surface area contributed by atoms with Gasteiger partial charge in [0.25, 0.3) is 0 Å². The van der Waals surface area contributed by atoms with Crippen molar-refractivity contribution in [2.24, 2.45) is 0 Å². The second-order valence-electron chi connectivity index (χ2n) is 5.86. The fourth-order valence-corrected chi connectivity index (χ4v) is 3.22. The highest BCUT2D eigenvalue weighted by Crippen LogP contribution is 2.36. The molecule has 0 saturated heterocycles. The van der Waals surface area contributed by atoms with E-state index in [1.54, 1.807) is 31.2 Å². The minimum absolute atomic E-state index is 0.547. The number of methoxy groups -OCH3 is 1. The van der Waals surface area contributed by atoms with Gasteiger partial charge in [-0.2, -0.15) is 14.6 Å². The molecule has 126 valence electrons. The van der Waals surface area contributed by atoms with Gasteiger partial charge in [-0.15, -0.1) is 0 Å². The van der Waals surface area contributed by atoms with Gasteiger partial charge in [0, 0.05) is 24.2 Å². The molecule has 0 unspecified atom stereocenters. The number of ether oxygens (including phenoxy) is 1. The Hall–Kier alpha value is -3.22. The highest BCUT2D eigenvalue weighted by atomic mass is 16.5. The fourth-order valence-electron chi connectivity index (χ4n) is 3.22. The summed E-state index contributed by atoms with van der Waals surface area (Å²) in [6.45, 7) is 4.14. The molecule has 7 nitrogen and oxygen atoms in total. The first-order valence-electron chi connectivity index (χ1n) is 7.96. The Morgan fingerprint density at radius 2 is 1.96 bits per heavy atom. The van der Waals surface area contributed by atoms with Crippen LogP contribution in [0.2, 0.25) is 0 Å². The molecule has 3 heterocycles. The Bertz CT molecular complexity index is 1100. The summed E-state index contributed by atoms with van der Waals surface area (Å²) in [5.41, 5.74) is 5.77. The van der Waals surface area contributed by atoms with Crippen LogP contribution in [-0.2, 0) is 0 Å². The SMILES string of the molecule is CNc1ncc2cc(-c3c(C)ccc(OC)c3C)c3ncnn3c2n1. The molecule has 0 spiro atoms. The number of aryl methyl sites for hydroxylation is 1. The van der Waals surface area contributed by atoms with Gasteiger partial charge in [0.05, 0.1) is 7.11 Å². The van der Waals surface area contributed by atoms with Crippen molar-refractivity contribution >= 4 is 22.6 Å². The predicted molar refractivity (Wildman–Crippen MR) is 97.1 cm³/mol. The standard InChI is InChI=1S/C18H18N6O/c1-10-5-6-14(25-4)11(2)15(10)13-7-12-8-20-18(19-3)23-16(12)24-17(13)21-9-22-24/h5-9H,1-4H3,(H,19,20,23). The van der Waals surface area contributed by atoms with E-state index in [4.69, 9.17) is 4.74 Å². The van der Waals surface area contributed by atoms with Gasteiger partial charge in [0.2, 0.25) is 5.95 Å². The van der Waals surface area contributed by atoms with Crippen molar-refractivity contribution in [1.82, 2.24) is 24.6 Å². The van der Waals surface area contributed by atoms with Crippen LogP contribution in [0.1, 0.15) is 11.1 Å². The van der Waals surface area contributed by atoms with E-state index in [0.29, 0.717) is 11.6 Å². The lowest BCUT2D eigenvalue weighted by Crippen LogP contribution is -2.02. The summed E-state index contributed by atoms with van der Waals surface area (Å²) in [5.74, 6) is 1.39. The summed E-state index contributed by atoms with van der Waals surface area (Å²) in [6, 6.07) is 6.10. The Kier molecular flexibility index (Phi) is 3.49. The maximum absolute atomic E-state index is 5.50. The van der Waals surface area contributed by atoms with Gasteiger partial charge in [-0.1, -0.05) is 6.07 Å². The van der Waals surface area contributed by atoms with Crippen molar-refractivity contribution in [1.29, 1.82) is 0 Å². The third-order valence-electron chi connectivity index (χ3n) is 4.42. The highest BCUT2D eigenvalue weighted by molar-refractivity contribution is 5.91. The molecule has 0 bridgehead atoms. The summed E-state index contributed by atoms with van der Waals surface area (Å²) in [6.07, 6.45) is 3.34. The van der Waals surface area contributed by atoms with Gasteiger partial charge in [-0.25, -0.2) is 9.97 Å². The van der Waals surface area contributed by atoms with Crippen molar-refractivity contribution in [3.8, 4) is 16.9 Å². The van der Waals surface area contributed by atoms with E-state index < -0.39 is 0 Å². The molecule has 25 heavy (non-hydrogen) atoms. The van der Waals surface area contributed by atoms with Gasteiger partial charge in [-0.05, 0) is 42.7 Å². The molecule has 0 atom stereocenters. The van der Waals surface area contributed by atoms with Crippen LogP contribution in [0.3, 0.4) is 0 Å². The third-order valence-corrected chi connectivity index (χ3v) is 4.42. The lowest BCUT2D eigenvalue weighted by molar-refractivity contribution is 0.412. The van der Waals surface area contributed by atoms with E-state index in [2.05, 4.69) is 51.3 Å². The number of hydrogen-bond acceptors (Lipinski definition) is 6. The smallest absolute Gasteiger partial charge is 0.224 e. The molecule has 0 aliphatic rings. The minimum Gasteiger partial charge on any atom is -0.496 e. The monoisotopic (exact) mass is 334 g/mol. The van der Waals surface area contributed by atoms with Crippen LogP contribution < -0.4 is 10.1 Å². The van der Waals surface area contributed by atoms with E-state index >= 15 is 0 Å². The van der Waals surface area contributed by atoms with E-state index in [1.807, 2.05) is 6.07 Å². The zero-order valence-corrected chi connectivity index (χ0v) is 14.5. The van der Waals surface area contributed by atoms with Gasteiger partial charge >= 0.3 is 0 Å². The molecule has 0 radical (unpaired) electrons. The molecule has 0 saturated carbocycles. The van der Waals surface area contributed by atoms with Crippen molar-refractivity contribution in [3.05, 3.63) is 41.9 Å². The number of benzene rings is 1. The van der Waals surface area contributed by atoms with Crippen molar-refractivity contribution in [2.75, 3.05) is 19.5 Å². The maximum atomic E-state index is 5.50. The average Bonchev–Trinajstić information content (AvgIpc) is 3.12. The summed E-state index contributed by atoms with van der Waals surface area (Å²) < 4.78 is 7.25. The first kappa shape index (κ1) is 15.3. The lowest BCUT2D eigenvalue weighted by Gasteiger charge is -2.15. The number of aromatic nitrogens is 5. The molecular weight excluding hydrogens is 316 g/mol. The molecule has 1 aromatic carbocycles. The van der Waals surface area contributed by atoms with Gasteiger partial charge in [0.15, 0.2) is 11.3 Å². The molecule has 0 amide bonds. The Labute approximate surface area is 144 Å². The number of nitrogens with zero attached hydrogens (tertiary/aromatic N) is 5. The van der Waals surface area contributed by atoms with E-state index in [1.165, 1.54) is 0 Å². The first-order chi connectivity index (χ1) is 12.1. The van der Waals surface area contributed by atoms with Crippen LogP contribution in [-0.4, -0.2) is 38.7 Å². The van der Waals surface area contributed by atoms with Crippen LogP contribution in [0.5, 0.6) is 5.75 Å². The van der Waals surface area contributed by atoms with Crippen LogP contribution in [0, 0.1) is 13.8 Å². The number of rotatable bonds is 3. The van der Waals surface area contributed by atoms with Crippen LogP contribution in [0.4, 0.5) is 5.95 Å². The van der Waals surface area contributed by atoms with Crippen molar-refractivity contribution in [2.45, 2.75) is 13.8 Å². The largest absolute Gasteiger partial charge is 0.496 e. The zero-order valence-electron chi connectivity index (χ0n) is 14.5. The second kappa shape index (κ2) is 5.70. The number of fused-ring (bicyclic) bond motifs is 3. The van der Waals surface area contributed by atoms with Crippen LogP contribution >= 0.6 is 0 Å². The van der Waals surface area contributed by atoms with Gasteiger partial charge in [0.1, 0.15) is 12.1 Å². The topological polar surface area (TPSA) is 77.2 Å². The summed E-state index contributed by atoms with van der Waals surface area (Å²) in [7, 11) is 3.47. The van der Waals surface area contributed by atoms with Crippen molar-refractivity contribution < 1.29 is 4.74 Å². The fraction of sp³-hybridized carbons (Fsp3) is 0.222. The highest BCUT2D eigenvalue weighted by Gasteiger charge is 2.17. The Morgan fingerprint density at radius 1 is 1.12 bits per heavy atom. The molecule has 0 aliphatic heterocycles.